The number of ether oxygens (including phenoxy) is 1. The number of pyridine rings is 1. The molecule has 2 aromatic heterocycles. The van der Waals surface area contributed by atoms with Gasteiger partial charge in [-0.25, -0.2) is 0 Å². The molecule has 5 heteroatoms. The van der Waals surface area contributed by atoms with Crippen LogP contribution < -0.4 is 5.32 Å². The predicted molar refractivity (Wildman–Crippen MR) is 63.3 cm³/mol. The summed E-state index contributed by atoms with van der Waals surface area (Å²) in [6.07, 6.45) is 3.45. The number of hydrogen-bond donors (Lipinski definition) is 1. The molecule has 0 spiro atoms. The van der Waals surface area contributed by atoms with Crippen LogP contribution in [0.5, 0.6) is 0 Å². The monoisotopic (exact) mass is 233 g/mol. The van der Waals surface area contributed by atoms with E-state index >= 15 is 0 Å². The highest BCUT2D eigenvalue weighted by atomic mass is 16.5. The van der Waals surface area contributed by atoms with E-state index in [1.165, 1.54) is 0 Å². The van der Waals surface area contributed by atoms with Crippen LogP contribution in [0.3, 0.4) is 0 Å². The van der Waals surface area contributed by atoms with E-state index < -0.39 is 0 Å². The van der Waals surface area contributed by atoms with Gasteiger partial charge in [-0.3, -0.25) is 4.98 Å². The van der Waals surface area contributed by atoms with E-state index in [0.717, 1.165) is 23.6 Å². The van der Waals surface area contributed by atoms with Gasteiger partial charge in [-0.05, 0) is 12.1 Å². The first-order chi connectivity index (χ1) is 8.42. The van der Waals surface area contributed by atoms with Gasteiger partial charge >= 0.3 is 0 Å². The highest BCUT2D eigenvalue weighted by molar-refractivity contribution is 5.55. The van der Waals surface area contributed by atoms with Crippen molar-refractivity contribution in [2.24, 2.45) is 0 Å². The summed E-state index contributed by atoms with van der Waals surface area (Å²) in [5.74, 6) is 0.718. The molecular weight excluding hydrogens is 218 g/mol. The van der Waals surface area contributed by atoms with E-state index in [0.29, 0.717) is 13.2 Å². The van der Waals surface area contributed by atoms with Gasteiger partial charge in [0.15, 0.2) is 5.76 Å². The van der Waals surface area contributed by atoms with Gasteiger partial charge in [-0.2, -0.15) is 0 Å². The number of rotatable bonds is 6. The van der Waals surface area contributed by atoms with Gasteiger partial charge in [-0.1, -0.05) is 11.2 Å². The van der Waals surface area contributed by atoms with Crippen molar-refractivity contribution in [1.29, 1.82) is 0 Å². The Bertz CT molecular complexity index is 442. The molecule has 0 aromatic carbocycles. The maximum Gasteiger partial charge on any atom is 0.189 e. The first-order valence-electron chi connectivity index (χ1n) is 5.46. The quantitative estimate of drug-likeness (QED) is 0.766. The molecule has 0 aliphatic carbocycles. The average molecular weight is 233 g/mol. The fourth-order valence-corrected chi connectivity index (χ4v) is 1.49. The smallest absolute Gasteiger partial charge is 0.189 e. The summed E-state index contributed by atoms with van der Waals surface area (Å²) in [4.78, 5) is 4.24. The molecule has 0 atom stereocenters. The third-order valence-electron chi connectivity index (χ3n) is 2.34. The molecule has 2 heterocycles. The van der Waals surface area contributed by atoms with Crippen LogP contribution in [0.25, 0.3) is 11.5 Å². The molecule has 1 N–H and O–H groups in total. The molecular formula is C12H15N3O2. The second-order valence-electron chi connectivity index (χ2n) is 3.56. The molecule has 5 nitrogen and oxygen atoms in total. The number of nitrogens with one attached hydrogen (secondary N) is 1. The summed E-state index contributed by atoms with van der Waals surface area (Å²) < 4.78 is 10.2. The Hall–Kier alpha value is -1.72. The summed E-state index contributed by atoms with van der Waals surface area (Å²) >= 11 is 0. The maximum absolute atomic E-state index is 5.22. The molecule has 0 fully saturated rings. The second kappa shape index (κ2) is 6.12. The van der Waals surface area contributed by atoms with Gasteiger partial charge in [-0.15, -0.1) is 0 Å². The van der Waals surface area contributed by atoms with E-state index in [-0.39, 0.29) is 0 Å². The van der Waals surface area contributed by atoms with E-state index in [1.54, 1.807) is 19.5 Å². The molecule has 17 heavy (non-hydrogen) atoms. The zero-order chi connectivity index (χ0) is 11.9. The SMILES string of the molecule is COCCNCc1cnoc1-c1ccccn1. The zero-order valence-corrected chi connectivity index (χ0v) is 9.72. The first-order valence-corrected chi connectivity index (χ1v) is 5.46. The van der Waals surface area contributed by atoms with Gasteiger partial charge in [0.05, 0.1) is 12.8 Å². The van der Waals surface area contributed by atoms with Crippen molar-refractivity contribution in [2.75, 3.05) is 20.3 Å². The molecule has 0 saturated carbocycles. The summed E-state index contributed by atoms with van der Waals surface area (Å²) in [6, 6.07) is 5.70. The molecule has 0 bridgehead atoms. The van der Waals surface area contributed by atoms with Gasteiger partial charge in [0, 0.05) is 32.0 Å². The van der Waals surface area contributed by atoms with E-state index in [9.17, 15) is 0 Å². The Kier molecular flexibility index (Phi) is 4.23. The fraction of sp³-hybridized carbons (Fsp3) is 0.333. The molecule has 0 aliphatic heterocycles. The number of nitrogens with zero attached hydrogens (tertiary/aromatic N) is 2. The number of hydrogen-bond acceptors (Lipinski definition) is 5. The van der Waals surface area contributed by atoms with Crippen LogP contribution in [0.15, 0.2) is 35.1 Å². The summed E-state index contributed by atoms with van der Waals surface area (Å²) in [7, 11) is 1.68. The molecule has 2 rings (SSSR count). The molecule has 0 unspecified atom stereocenters. The Morgan fingerprint density at radius 3 is 3.12 bits per heavy atom. The van der Waals surface area contributed by atoms with Crippen molar-refractivity contribution in [3.8, 4) is 11.5 Å². The van der Waals surface area contributed by atoms with Crippen LogP contribution in [-0.2, 0) is 11.3 Å². The minimum atomic E-state index is 0.685. The van der Waals surface area contributed by atoms with Crippen LogP contribution in [0.2, 0.25) is 0 Å². The molecule has 0 amide bonds. The van der Waals surface area contributed by atoms with Crippen molar-refractivity contribution in [3.05, 3.63) is 36.2 Å². The lowest BCUT2D eigenvalue weighted by Crippen LogP contribution is -2.18. The number of aromatic nitrogens is 2. The van der Waals surface area contributed by atoms with Crippen LogP contribution in [-0.4, -0.2) is 30.4 Å². The molecule has 0 aliphatic rings. The van der Waals surface area contributed by atoms with Crippen LogP contribution in [0.1, 0.15) is 5.56 Å². The summed E-state index contributed by atoms with van der Waals surface area (Å²) in [6.45, 7) is 2.17. The third-order valence-corrected chi connectivity index (χ3v) is 2.34. The Morgan fingerprint density at radius 1 is 1.41 bits per heavy atom. The Labute approximate surface area is 99.8 Å². The largest absolute Gasteiger partial charge is 0.383 e. The van der Waals surface area contributed by atoms with Gasteiger partial charge in [0.2, 0.25) is 0 Å². The predicted octanol–water partition coefficient (Wildman–Crippen LogP) is 1.47. The topological polar surface area (TPSA) is 60.2 Å². The molecule has 0 saturated heterocycles. The van der Waals surface area contributed by atoms with Gasteiger partial charge in [0.1, 0.15) is 5.69 Å². The van der Waals surface area contributed by atoms with Gasteiger partial charge in [0.25, 0.3) is 0 Å². The van der Waals surface area contributed by atoms with Crippen molar-refractivity contribution >= 4 is 0 Å². The molecule has 0 radical (unpaired) electrons. The van der Waals surface area contributed by atoms with Crippen LogP contribution in [0.4, 0.5) is 0 Å². The van der Waals surface area contributed by atoms with Gasteiger partial charge < -0.3 is 14.6 Å². The van der Waals surface area contributed by atoms with Crippen molar-refractivity contribution in [3.63, 3.8) is 0 Å². The third kappa shape index (κ3) is 3.12. The Morgan fingerprint density at radius 2 is 2.35 bits per heavy atom. The number of methoxy groups -OCH3 is 1. The van der Waals surface area contributed by atoms with Crippen molar-refractivity contribution in [1.82, 2.24) is 15.5 Å². The highest BCUT2D eigenvalue weighted by Crippen LogP contribution is 2.20. The average Bonchev–Trinajstić information content (AvgIpc) is 2.84. The summed E-state index contributed by atoms with van der Waals surface area (Å²) in [5.41, 5.74) is 1.80. The van der Waals surface area contributed by atoms with Crippen LogP contribution >= 0.6 is 0 Å². The Balaban J connectivity index is 2.02. The van der Waals surface area contributed by atoms with Crippen molar-refractivity contribution < 1.29 is 9.26 Å². The first kappa shape index (κ1) is 11.8. The summed E-state index contributed by atoms with van der Waals surface area (Å²) in [5, 5.41) is 7.06. The normalized spacial score (nSPS) is 10.6. The molecule has 2 aromatic rings. The van der Waals surface area contributed by atoms with Crippen molar-refractivity contribution in [2.45, 2.75) is 6.54 Å². The van der Waals surface area contributed by atoms with E-state index in [4.69, 9.17) is 9.26 Å². The van der Waals surface area contributed by atoms with E-state index in [1.807, 2.05) is 18.2 Å². The standard InChI is InChI=1S/C12H15N3O2/c1-16-7-6-13-8-10-9-15-17-12(10)11-4-2-3-5-14-11/h2-5,9,13H,6-8H2,1H3. The lowest BCUT2D eigenvalue weighted by Gasteiger charge is -2.03. The lowest BCUT2D eigenvalue weighted by molar-refractivity contribution is 0.199. The van der Waals surface area contributed by atoms with E-state index in [2.05, 4.69) is 15.5 Å². The fourth-order valence-electron chi connectivity index (χ4n) is 1.49. The zero-order valence-electron chi connectivity index (χ0n) is 9.72. The highest BCUT2D eigenvalue weighted by Gasteiger charge is 2.10. The molecule has 90 valence electrons. The minimum absolute atomic E-state index is 0.685. The maximum atomic E-state index is 5.22. The minimum Gasteiger partial charge on any atom is -0.383 e. The second-order valence-corrected chi connectivity index (χ2v) is 3.56. The van der Waals surface area contributed by atoms with Crippen LogP contribution in [0, 0.1) is 0 Å². The lowest BCUT2D eigenvalue weighted by atomic mass is 10.2.